The molecular formula is C21H24N2O5. The van der Waals surface area contributed by atoms with Crippen LogP contribution in [0.4, 0.5) is 5.69 Å². The molecule has 0 aliphatic rings. The molecule has 0 bridgehead atoms. The molecule has 0 heterocycles. The number of nitro groups is 1. The van der Waals surface area contributed by atoms with Gasteiger partial charge in [-0.3, -0.25) is 14.9 Å². The standard InChI is InChI=1S/C21H24N2O5/c1-15-12-17(10-11-18(15)23(26)27)20(25)28-14-19(24)22(21(2,3)4)13-16-8-6-5-7-9-16/h5-12H,13-14H2,1-4H3. The SMILES string of the molecule is Cc1cc(C(=O)OCC(=O)N(Cc2ccccc2)C(C)(C)C)ccc1[N+](=O)[O-]. The zero-order chi connectivity index (χ0) is 20.9. The molecule has 0 unspecified atom stereocenters. The second kappa shape index (κ2) is 8.65. The third-order valence-corrected chi connectivity index (χ3v) is 4.25. The van der Waals surface area contributed by atoms with E-state index in [0.717, 1.165) is 5.56 Å². The van der Waals surface area contributed by atoms with Gasteiger partial charge in [-0.25, -0.2) is 4.79 Å². The number of hydrogen-bond acceptors (Lipinski definition) is 5. The van der Waals surface area contributed by atoms with E-state index in [4.69, 9.17) is 4.74 Å². The summed E-state index contributed by atoms with van der Waals surface area (Å²) < 4.78 is 5.16. The van der Waals surface area contributed by atoms with E-state index >= 15 is 0 Å². The van der Waals surface area contributed by atoms with Gasteiger partial charge >= 0.3 is 5.97 Å². The quantitative estimate of drug-likeness (QED) is 0.428. The lowest BCUT2D eigenvalue weighted by molar-refractivity contribution is -0.385. The summed E-state index contributed by atoms with van der Waals surface area (Å²) >= 11 is 0. The fourth-order valence-electron chi connectivity index (χ4n) is 2.74. The van der Waals surface area contributed by atoms with E-state index in [9.17, 15) is 19.7 Å². The Bertz CT molecular complexity index is 872. The Morgan fingerprint density at radius 1 is 1.11 bits per heavy atom. The van der Waals surface area contributed by atoms with Gasteiger partial charge < -0.3 is 9.64 Å². The summed E-state index contributed by atoms with van der Waals surface area (Å²) in [7, 11) is 0. The first-order chi connectivity index (χ1) is 13.1. The molecule has 0 aliphatic carbocycles. The molecule has 7 nitrogen and oxygen atoms in total. The zero-order valence-electron chi connectivity index (χ0n) is 16.5. The third kappa shape index (κ3) is 5.39. The Morgan fingerprint density at radius 3 is 2.29 bits per heavy atom. The summed E-state index contributed by atoms with van der Waals surface area (Å²) in [5.41, 5.74) is 0.966. The van der Waals surface area contributed by atoms with E-state index in [-0.39, 0.29) is 17.2 Å². The number of hydrogen-bond donors (Lipinski definition) is 0. The largest absolute Gasteiger partial charge is 0.452 e. The fourth-order valence-corrected chi connectivity index (χ4v) is 2.74. The molecule has 7 heteroatoms. The van der Waals surface area contributed by atoms with Gasteiger partial charge in [-0.1, -0.05) is 30.3 Å². The van der Waals surface area contributed by atoms with E-state index in [1.807, 2.05) is 51.1 Å². The summed E-state index contributed by atoms with van der Waals surface area (Å²) in [6, 6.07) is 13.5. The van der Waals surface area contributed by atoms with Crippen molar-refractivity contribution in [3.05, 3.63) is 75.3 Å². The van der Waals surface area contributed by atoms with Gasteiger partial charge in [0.25, 0.3) is 11.6 Å². The molecule has 0 saturated carbocycles. The lowest BCUT2D eigenvalue weighted by atomic mass is 10.0. The number of benzene rings is 2. The van der Waals surface area contributed by atoms with Crippen molar-refractivity contribution in [3.8, 4) is 0 Å². The molecule has 0 saturated heterocycles. The topological polar surface area (TPSA) is 89.8 Å². The third-order valence-electron chi connectivity index (χ3n) is 4.25. The normalized spacial score (nSPS) is 11.0. The summed E-state index contributed by atoms with van der Waals surface area (Å²) in [5, 5.41) is 10.9. The second-order valence-electron chi connectivity index (χ2n) is 7.47. The number of nitro benzene ring substituents is 1. The molecule has 28 heavy (non-hydrogen) atoms. The molecule has 0 spiro atoms. The first kappa shape index (κ1) is 21.1. The lowest BCUT2D eigenvalue weighted by Gasteiger charge is -2.35. The van der Waals surface area contributed by atoms with Gasteiger partial charge in [0, 0.05) is 23.7 Å². The van der Waals surface area contributed by atoms with Crippen molar-refractivity contribution in [2.24, 2.45) is 0 Å². The summed E-state index contributed by atoms with van der Waals surface area (Å²) in [6.45, 7) is 7.28. The highest BCUT2D eigenvalue weighted by molar-refractivity contribution is 5.92. The van der Waals surface area contributed by atoms with Crippen molar-refractivity contribution >= 4 is 17.6 Å². The minimum Gasteiger partial charge on any atom is -0.452 e. The molecule has 0 atom stereocenters. The Morgan fingerprint density at radius 2 is 1.75 bits per heavy atom. The molecule has 0 fully saturated rings. The molecular weight excluding hydrogens is 360 g/mol. The van der Waals surface area contributed by atoms with Crippen molar-refractivity contribution in [2.45, 2.75) is 39.8 Å². The van der Waals surface area contributed by atoms with Crippen LogP contribution < -0.4 is 0 Å². The predicted octanol–water partition coefficient (Wildman–Crippen LogP) is 3.89. The van der Waals surface area contributed by atoms with Crippen LogP contribution in [0.5, 0.6) is 0 Å². The molecule has 0 N–H and O–H groups in total. The van der Waals surface area contributed by atoms with Crippen LogP contribution in [-0.2, 0) is 16.1 Å². The first-order valence-electron chi connectivity index (χ1n) is 8.86. The van der Waals surface area contributed by atoms with E-state index in [1.54, 1.807) is 11.8 Å². The number of aryl methyl sites for hydroxylation is 1. The van der Waals surface area contributed by atoms with Gasteiger partial charge in [0.1, 0.15) is 0 Å². The van der Waals surface area contributed by atoms with Crippen LogP contribution in [0.25, 0.3) is 0 Å². The Labute approximate surface area is 164 Å². The number of carbonyl (C=O) groups is 2. The van der Waals surface area contributed by atoms with E-state index in [0.29, 0.717) is 12.1 Å². The van der Waals surface area contributed by atoms with Crippen molar-refractivity contribution in [2.75, 3.05) is 6.61 Å². The van der Waals surface area contributed by atoms with Crippen LogP contribution in [0.2, 0.25) is 0 Å². The molecule has 0 aromatic heterocycles. The molecule has 0 aliphatic heterocycles. The number of nitrogens with zero attached hydrogens (tertiary/aromatic N) is 2. The van der Waals surface area contributed by atoms with Crippen LogP contribution in [0.1, 0.15) is 42.3 Å². The fraction of sp³-hybridized carbons (Fsp3) is 0.333. The molecule has 0 radical (unpaired) electrons. The minimum absolute atomic E-state index is 0.0746. The summed E-state index contributed by atoms with van der Waals surface area (Å²) in [4.78, 5) is 37.0. The minimum atomic E-state index is -0.695. The van der Waals surface area contributed by atoms with Gasteiger partial charge in [-0.15, -0.1) is 0 Å². The van der Waals surface area contributed by atoms with E-state index in [1.165, 1.54) is 18.2 Å². The Balaban J connectivity index is 2.06. The molecule has 2 aromatic rings. The monoisotopic (exact) mass is 384 g/mol. The van der Waals surface area contributed by atoms with Crippen molar-refractivity contribution in [3.63, 3.8) is 0 Å². The van der Waals surface area contributed by atoms with Gasteiger partial charge in [-0.2, -0.15) is 0 Å². The molecule has 1 amide bonds. The van der Waals surface area contributed by atoms with Crippen molar-refractivity contribution in [1.29, 1.82) is 0 Å². The number of carbonyl (C=O) groups excluding carboxylic acids is 2. The lowest BCUT2D eigenvalue weighted by Crippen LogP contribution is -2.46. The smallest absolute Gasteiger partial charge is 0.338 e. The molecule has 2 rings (SSSR count). The van der Waals surface area contributed by atoms with Crippen LogP contribution in [-0.4, -0.2) is 33.8 Å². The van der Waals surface area contributed by atoms with E-state index in [2.05, 4.69) is 0 Å². The van der Waals surface area contributed by atoms with Crippen LogP contribution in [0.15, 0.2) is 48.5 Å². The van der Waals surface area contributed by atoms with Crippen molar-refractivity contribution in [1.82, 2.24) is 4.90 Å². The molecule has 148 valence electrons. The zero-order valence-corrected chi connectivity index (χ0v) is 16.5. The number of esters is 1. The highest BCUT2D eigenvalue weighted by atomic mass is 16.6. The van der Waals surface area contributed by atoms with Gasteiger partial charge in [0.2, 0.25) is 0 Å². The number of ether oxygens (including phenoxy) is 1. The maximum atomic E-state index is 12.7. The first-order valence-corrected chi connectivity index (χ1v) is 8.86. The highest BCUT2D eigenvalue weighted by Crippen LogP contribution is 2.20. The summed E-state index contributed by atoms with van der Waals surface area (Å²) in [5.74, 6) is -1.01. The predicted molar refractivity (Wildman–Crippen MR) is 105 cm³/mol. The van der Waals surface area contributed by atoms with Crippen LogP contribution in [0, 0.1) is 17.0 Å². The van der Waals surface area contributed by atoms with Crippen LogP contribution >= 0.6 is 0 Å². The van der Waals surface area contributed by atoms with Gasteiger partial charge in [-0.05, 0) is 45.4 Å². The Hall–Kier alpha value is -3.22. The number of rotatable bonds is 6. The van der Waals surface area contributed by atoms with Gasteiger partial charge in [0.05, 0.1) is 10.5 Å². The summed E-state index contributed by atoms with van der Waals surface area (Å²) in [6.07, 6.45) is 0. The van der Waals surface area contributed by atoms with E-state index < -0.39 is 23.0 Å². The van der Waals surface area contributed by atoms with Crippen LogP contribution in [0.3, 0.4) is 0 Å². The average molecular weight is 384 g/mol. The van der Waals surface area contributed by atoms with Crippen molar-refractivity contribution < 1.29 is 19.2 Å². The second-order valence-corrected chi connectivity index (χ2v) is 7.47. The maximum absolute atomic E-state index is 12.7. The highest BCUT2D eigenvalue weighted by Gasteiger charge is 2.27. The maximum Gasteiger partial charge on any atom is 0.338 e. The number of amides is 1. The Kier molecular flexibility index (Phi) is 6.51. The average Bonchev–Trinajstić information content (AvgIpc) is 2.63. The van der Waals surface area contributed by atoms with Gasteiger partial charge in [0.15, 0.2) is 6.61 Å². The molecule has 2 aromatic carbocycles.